The molecule has 16 heavy (non-hydrogen) atoms. The number of nitrogen functional groups attached to an aromatic ring is 1. The first-order valence-electron chi connectivity index (χ1n) is 5.35. The fourth-order valence-corrected chi connectivity index (χ4v) is 1.39. The molecular weight excluding hydrogens is 206 g/mol. The third kappa shape index (κ3) is 3.31. The van der Waals surface area contributed by atoms with Crippen LogP contribution in [0, 0.1) is 0 Å². The van der Waals surface area contributed by atoms with E-state index in [2.05, 4.69) is 0 Å². The highest BCUT2D eigenvalue weighted by molar-refractivity contribution is 5.62. The number of para-hydroxylation sites is 1. The van der Waals surface area contributed by atoms with E-state index < -0.39 is 0 Å². The van der Waals surface area contributed by atoms with Crippen LogP contribution < -0.4 is 15.2 Å². The molecule has 1 unspecified atom stereocenters. The first-order valence-corrected chi connectivity index (χ1v) is 5.35. The van der Waals surface area contributed by atoms with E-state index in [9.17, 15) is 0 Å². The Hall–Kier alpha value is -1.42. The second kappa shape index (κ2) is 6.23. The number of hydrogen-bond donors (Lipinski definition) is 1. The molecule has 1 aromatic rings. The summed E-state index contributed by atoms with van der Waals surface area (Å²) in [6, 6.07) is 5.51. The Morgan fingerprint density at radius 1 is 1.31 bits per heavy atom. The quantitative estimate of drug-likeness (QED) is 0.753. The molecule has 0 aliphatic heterocycles. The molecule has 0 aliphatic carbocycles. The van der Waals surface area contributed by atoms with Crippen LogP contribution in [0.4, 0.5) is 5.69 Å². The van der Waals surface area contributed by atoms with Gasteiger partial charge in [0.25, 0.3) is 0 Å². The zero-order valence-corrected chi connectivity index (χ0v) is 10.0. The molecule has 0 aromatic heterocycles. The van der Waals surface area contributed by atoms with E-state index in [0.29, 0.717) is 30.4 Å². The number of benzene rings is 1. The summed E-state index contributed by atoms with van der Waals surface area (Å²) in [5.74, 6) is 1.29. The van der Waals surface area contributed by atoms with E-state index in [-0.39, 0.29) is 6.10 Å². The van der Waals surface area contributed by atoms with Crippen LogP contribution in [0.2, 0.25) is 0 Å². The van der Waals surface area contributed by atoms with Crippen LogP contribution in [0.1, 0.15) is 13.8 Å². The maximum atomic E-state index is 5.92. The largest absolute Gasteiger partial charge is 0.492 e. The van der Waals surface area contributed by atoms with Gasteiger partial charge in [0.1, 0.15) is 23.3 Å². The molecule has 4 nitrogen and oxygen atoms in total. The van der Waals surface area contributed by atoms with Crippen LogP contribution in [0.25, 0.3) is 0 Å². The van der Waals surface area contributed by atoms with Crippen molar-refractivity contribution in [2.24, 2.45) is 0 Å². The minimum atomic E-state index is -0.0378. The van der Waals surface area contributed by atoms with Crippen LogP contribution in [-0.2, 0) is 4.74 Å². The fraction of sp³-hybridized carbons (Fsp3) is 0.500. The summed E-state index contributed by atoms with van der Waals surface area (Å²) in [6.07, 6.45) is -0.0378. The average Bonchev–Trinajstić information content (AvgIpc) is 2.24. The van der Waals surface area contributed by atoms with Crippen LogP contribution in [0.3, 0.4) is 0 Å². The van der Waals surface area contributed by atoms with Crippen molar-refractivity contribution in [3.05, 3.63) is 18.2 Å². The molecule has 4 heteroatoms. The first-order chi connectivity index (χ1) is 7.69. The summed E-state index contributed by atoms with van der Waals surface area (Å²) >= 11 is 0. The van der Waals surface area contributed by atoms with Gasteiger partial charge in [-0.05, 0) is 26.0 Å². The predicted molar refractivity (Wildman–Crippen MR) is 64.0 cm³/mol. The summed E-state index contributed by atoms with van der Waals surface area (Å²) in [7, 11) is 1.64. The van der Waals surface area contributed by atoms with Crippen LogP contribution in [0.15, 0.2) is 18.2 Å². The number of nitrogens with two attached hydrogens (primary N) is 1. The van der Waals surface area contributed by atoms with Crippen LogP contribution in [0.5, 0.6) is 11.5 Å². The zero-order chi connectivity index (χ0) is 12.0. The topological polar surface area (TPSA) is 53.7 Å². The van der Waals surface area contributed by atoms with Gasteiger partial charge in [-0.2, -0.15) is 0 Å². The van der Waals surface area contributed by atoms with E-state index >= 15 is 0 Å². The lowest BCUT2D eigenvalue weighted by molar-refractivity contribution is 0.0924. The molecule has 0 fully saturated rings. The average molecular weight is 225 g/mol. The van der Waals surface area contributed by atoms with E-state index in [1.165, 1.54) is 0 Å². The van der Waals surface area contributed by atoms with Gasteiger partial charge in [0.15, 0.2) is 0 Å². The monoisotopic (exact) mass is 225 g/mol. The van der Waals surface area contributed by atoms with Gasteiger partial charge in [-0.25, -0.2) is 0 Å². The standard InChI is InChI=1S/C12H19NO3/c1-4-15-10-6-5-7-11(12(10)13)16-9(2)8-14-3/h5-7,9H,4,8,13H2,1-3H3. The number of methoxy groups -OCH3 is 1. The normalized spacial score (nSPS) is 12.2. The predicted octanol–water partition coefficient (Wildman–Crippen LogP) is 2.08. The second-order valence-electron chi connectivity index (χ2n) is 3.48. The molecule has 90 valence electrons. The molecule has 0 saturated carbocycles. The van der Waals surface area contributed by atoms with Crippen molar-refractivity contribution >= 4 is 5.69 Å². The van der Waals surface area contributed by atoms with Crippen molar-refractivity contribution in [3.63, 3.8) is 0 Å². The number of hydrogen-bond acceptors (Lipinski definition) is 4. The maximum Gasteiger partial charge on any atom is 0.146 e. The lowest BCUT2D eigenvalue weighted by Crippen LogP contribution is -2.18. The Bertz CT molecular complexity index is 328. The molecule has 0 spiro atoms. The van der Waals surface area contributed by atoms with Crippen LogP contribution >= 0.6 is 0 Å². The molecule has 1 aromatic carbocycles. The highest BCUT2D eigenvalue weighted by atomic mass is 16.5. The number of rotatable bonds is 6. The van der Waals surface area contributed by atoms with Gasteiger partial charge in [0.2, 0.25) is 0 Å². The fourth-order valence-electron chi connectivity index (χ4n) is 1.39. The molecule has 0 amide bonds. The lowest BCUT2D eigenvalue weighted by atomic mass is 10.2. The molecular formula is C12H19NO3. The molecule has 0 aliphatic rings. The summed E-state index contributed by atoms with van der Waals surface area (Å²) in [5, 5.41) is 0. The highest BCUT2D eigenvalue weighted by Crippen LogP contribution is 2.31. The Morgan fingerprint density at radius 3 is 2.62 bits per heavy atom. The Balaban J connectivity index is 2.76. The van der Waals surface area contributed by atoms with E-state index in [4.69, 9.17) is 19.9 Å². The van der Waals surface area contributed by atoms with Gasteiger partial charge in [-0.3, -0.25) is 0 Å². The lowest BCUT2D eigenvalue weighted by Gasteiger charge is -2.16. The zero-order valence-electron chi connectivity index (χ0n) is 10.0. The van der Waals surface area contributed by atoms with Crippen molar-refractivity contribution in [1.29, 1.82) is 0 Å². The van der Waals surface area contributed by atoms with Gasteiger partial charge >= 0.3 is 0 Å². The summed E-state index contributed by atoms with van der Waals surface area (Å²) in [4.78, 5) is 0. The van der Waals surface area contributed by atoms with Crippen molar-refractivity contribution in [3.8, 4) is 11.5 Å². The van der Waals surface area contributed by atoms with Gasteiger partial charge in [-0.15, -0.1) is 0 Å². The summed E-state index contributed by atoms with van der Waals surface area (Å²) in [6.45, 7) is 4.95. The first kappa shape index (κ1) is 12.6. The third-order valence-electron chi connectivity index (χ3n) is 2.06. The van der Waals surface area contributed by atoms with E-state index in [1.54, 1.807) is 7.11 Å². The molecule has 2 N–H and O–H groups in total. The third-order valence-corrected chi connectivity index (χ3v) is 2.06. The molecule has 0 saturated heterocycles. The molecule has 0 bridgehead atoms. The van der Waals surface area contributed by atoms with Crippen molar-refractivity contribution in [2.45, 2.75) is 20.0 Å². The van der Waals surface area contributed by atoms with Crippen LogP contribution in [-0.4, -0.2) is 26.4 Å². The number of anilines is 1. The van der Waals surface area contributed by atoms with Gasteiger partial charge in [-0.1, -0.05) is 6.07 Å². The Morgan fingerprint density at radius 2 is 2.00 bits per heavy atom. The van der Waals surface area contributed by atoms with E-state index in [1.807, 2.05) is 32.0 Å². The molecule has 1 atom stereocenters. The van der Waals surface area contributed by atoms with Gasteiger partial charge in [0, 0.05) is 7.11 Å². The summed E-state index contributed by atoms with van der Waals surface area (Å²) < 4.78 is 16.0. The van der Waals surface area contributed by atoms with Crippen molar-refractivity contribution in [2.75, 3.05) is 26.1 Å². The second-order valence-corrected chi connectivity index (χ2v) is 3.48. The minimum absolute atomic E-state index is 0.0378. The van der Waals surface area contributed by atoms with Crippen molar-refractivity contribution < 1.29 is 14.2 Å². The number of ether oxygens (including phenoxy) is 3. The Labute approximate surface area is 96.3 Å². The molecule has 0 radical (unpaired) electrons. The van der Waals surface area contributed by atoms with Gasteiger partial charge in [0.05, 0.1) is 13.2 Å². The Kier molecular flexibility index (Phi) is 4.92. The SMILES string of the molecule is CCOc1cccc(OC(C)COC)c1N. The smallest absolute Gasteiger partial charge is 0.146 e. The van der Waals surface area contributed by atoms with Crippen molar-refractivity contribution in [1.82, 2.24) is 0 Å². The summed E-state index contributed by atoms with van der Waals surface area (Å²) in [5.41, 5.74) is 6.46. The molecule has 0 heterocycles. The highest BCUT2D eigenvalue weighted by Gasteiger charge is 2.10. The van der Waals surface area contributed by atoms with Gasteiger partial charge < -0.3 is 19.9 Å². The van der Waals surface area contributed by atoms with E-state index in [0.717, 1.165) is 0 Å². The molecule has 1 rings (SSSR count). The minimum Gasteiger partial charge on any atom is -0.492 e. The maximum absolute atomic E-state index is 5.92.